The van der Waals surface area contributed by atoms with Gasteiger partial charge >= 0.3 is 0 Å². The zero-order valence-electron chi connectivity index (χ0n) is 20.8. The second-order valence-corrected chi connectivity index (χ2v) is 10.9. The predicted molar refractivity (Wildman–Crippen MR) is 140 cm³/mol. The quantitative estimate of drug-likeness (QED) is 0.589. The molecule has 0 unspecified atom stereocenters. The van der Waals surface area contributed by atoms with E-state index in [0.29, 0.717) is 18.4 Å². The molecular weight excluding hydrogens is 434 g/mol. The van der Waals surface area contributed by atoms with Crippen LogP contribution in [0, 0.1) is 11.8 Å². The molecule has 35 heavy (non-hydrogen) atoms. The molecule has 0 bridgehead atoms. The number of piperidine rings is 1. The number of nitrogens with zero attached hydrogens (tertiary/aromatic N) is 1. The van der Waals surface area contributed by atoms with E-state index in [4.69, 9.17) is 0 Å². The van der Waals surface area contributed by atoms with E-state index in [0.717, 1.165) is 63.8 Å². The summed E-state index contributed by atoms with van der Waals surface area (Å²) in [6.45, 7) is 2.75. The minimum atomic E-state index is 0.102. The number of carbonyl (C=O) groups is 2. The van der Waals surface area contributed by atoms with Crippen LogP contribution < -0.4 is 10.6 Å². The lowest BCUT2D eigenvalue weighted by molar-refractivity contribution is -0.127. The van der Waals surface area contributed by atoms with E-state index in [9.17, 15) is 9.59 Å². The van der Waals surface area contributed by atoms with Gasteiger partial charge in [-0.25, -0.2) is 0 Å². The van der Waals surface area contributed by atoms with Gasteiger partial charge in [0.05, 0.1) is 0 Å². The minimum absolute atomic E-state index is 0.102. The van der Waals surface area contributed by atoms with Crippen molar-refractivity contribution >= 4 is 17.5 Å². The van der Waals surface area contributed by atoms with Crippen molar-refractivity contribution in [1.82, 2.24) is 10.2 Å². The Hall–Kier alpha value is -2.66. The van der Waals surface area contributed by atoms with Gasteiger partial charge in [-0.15, -0.1) is 0 Å². The SMILES string of the molecule is O=C(CC1Cc2ccccc2C1)Nc1cccc(CN2CCC(C(=O)NC3CCCCC3)CC2)c1. The molecule has 1 saturated carbocycles. The summed E-state index contributed by atoms with van der Waals surface area (Å²) < 4.78 is 0. The van der Waals surface area contributed by atoms with E-state index in [2.05, 4.69) is 51.9 Å². The second-order valence-electron chi connectivity index (χ2n) is 10.9. The number of hydrogen-bond acceptors (Lipinski definition) is 3. The molecule has 2 fully saturated rings. The van der Waals surface area contributed by atoms with Gasteiger partial charge in [0, 0.05) is 30.6 Å². The highest BCUT2D eigenvalue weighted by Crippen LogP contribution is 2.29. The van der Waals surface area contributed by atoms with Crippen LogP contribution in [0.2, 0.25) is 0 Å². The molecular formula is C30H39N3O2. The summed E-state index contributed by atoms with van der Waals surface area (Å²) in [4.78, 5) is 27.8. The van der Waals surface area contributed by atoms with Crippen LogP contribution in [0.1, 0.15) is 68.1 Å². The monoisotopic (exact) mass is 473 g/mol. The molecule has 1 aliphatic heterocycles. The summed E-state index contributed by atoms with van der Waals surface area (Å²) in [6.07, 6.45) is 10.5. The molecule has 1 saturated heterocycles. The fraction of sp³-hybridized carbons (Fsp3) is 0.533. The smallest absolute Gasteiger partial charge is 0.224 e. The lowest BCUT2D eigenvalue weighted by atomic mass is 9.92. The summed E-state index contributed by atoms with van der Waals surface area (Å²) in [7, 11) is 0. The minimum Gasteiger partial charge on any atom is -0.353 e. The highest BCUT2D eigenvalue weighted by molar-refractivity contribution is 5.91. The third-order valence-electron chi connectivity index (χ3n) is 8.14. The van der Waals surface area contributed by atoms with Gasteiger partial charge in [0.2, 0.25) is 11.8 Å². The van der Waals surface area contributed by atoms with E-state index in [1.807, 2.05) is 12.1 Å². The third kappa shape index (κ3) is 6.52. The Morgan fingerprint density at radius 2 is 1.57 bits per heavy atom. The van der Waals surface area contributed by atoms with Crippen LogP contribution >= 0.6 is 0 Å². The Balaban J connectivity index is 1.06. The Morgan fingerprint density at radius 3 is 2.29 bits per heavy atom. The highest BCUT2D eigenvalue weighted by atomic mass is 16.2. The highest BCUT2D eigenvalue weighted by Gasteiger charge is 2.27. The maximum Gasteiger partial charge on any atom is 0.224 e. The third-order valence-corrected chi connectivity index (χ3v) is 8.14. The van der Waals surface area contributed by atoms with Gasteiger partial charge in [-0.3, -0.25) is 14.5 Å². The number of likely N-dealkylation sites (tertiary alicyclic amines) is 1. The first kappa shape index (κ1) is 24.1. The molecule has 5 nitrogen and oxygen atoms in total. The Labute approximate surface area is 209 Å². The van der Waals surface area contributed by atoms with E-state index >= 15 is 0 Å². The largest absolute Gasteiger partial charge is 0.353 e. The molecule has 1 heterocycles. The maximum atomic E-state index is 12.7. The number of carbonyl (C=O) groups excluding carboxylic acids is 2. The summed E-state index contributed by atoms with van der Waals surface area (Å²) in [5.41, 5.74) is 4.87. The van der Waals surface area contributed by atoms with Crippen LogP contribution in [-0.2, 0) is 29.0 Å². The van der Waals surface area contributed by atoms with Crippen LogP contribution in [0.3, 0.4) is 0 Å². The van der Waals surface area contributed by atoms with Crippen molar-refractivity contribution in [3.8, 4) is 0 Å². The lowest BCUT2D eigenvalue weighted by Crippen LogP contribution is -2.44. The maximum absolute atomic E-state index is 12.7. The standard InChI is InChI=1S/C30H39N3O2/c34-29(20-23-17-25-8-4-5-9-26(25)18-23)31-28-12-6-7-22(19-28)21-33-15-13-24(14-16-33)30(35)32-27-10-2-1-3-11-27/h4-9,12,19,23-24,27H,1-3,10-11,13-18,20-21H2,(H,31,34)(H,32,35). The number of fused-ring (bicyclic) bond motifs is 1. The molecule has 3 aliphatic rings. The van der Waals surface area contributed by atoms with E-state index < -0.39 is 0 Å². The molecule has 2 aliphatic carbocycles. The molecule has 0 spiro atoms. The van der Waals surface area contributed by atoms with Crippen molar-refractivity contribution < 1.29 is 9.59 Å². The number of anilines is 1. The summed E-state index contributed by atoms with van der Waals surface area (Å²) in [5, 5.41) is 6.44. The zero-order valence-corrected chi connectivity index (χ0v) is 20.8. The van der Waals surface area contributed by atoms with Gasteiger partial charge < -0.3 is 10.6 Å². The van der Waals surface area contributed by atoms with Crippen LogP contribution in [0.4, 0.5) is 5.69 Å². The number of hydrogen-bond donors (Lipinski definition) is 2. The number of rotatable bonds is 7. The van der Waals surface area contributed by atoms with Crippen molar-refractivity contribution in [3.05, 3.63) is 65.2 Å². The summed E-state index contributed by atoms with van der Waals surface area (Å²) in [6, 6.07) is 17.2. The van der Waals surface area contributed by atoms with Gasteiger partial charge in [0.1, 0.15) is 0 Å². The van der Waals surface area contributed by atoms with Crippen LogP contribution in [-0.4, -0.2) is 35.8 Å². The average molecular weight is 474 g/mol. The Bertz CT molecular complexity index is 997. The lowest BCUT2D eigenvalue weighted by Gasteiger charge is -2.32. The van der Waals surface area contributed by atoms with Crippen molar-refractivity contribution in [2.75, 3.05) is 18.4 Å². The van der Waals surface area contributed by atoms with E-state index in [1.54, 1.807) is 0 Å². The first-order valence-electron chi connectivity index (χ1n) is 13.6. The molecule has 2 amide bonds. The summed E-state index contributed by atoms with van der Waals surface area (Å²) in [5.74, 6) is 0.920. The molecule has 0 aromatic heterocycles. The Morgan fingerprint density at radius 1 is 0.857 bits per heavy atom. The topological polar surface area (TPSA) is 61.4 Å². The fourth-order valence-electron chi connectivity index (χ4n) is 6.19. The van der Waals surface area contributed by atoms with Crippen molar-refractivity contribution in [3.63, 3.8) is 0 Å². The van der Waals surface area contributed by atoms with Gasteiger partial charge in [-0.05, 0) is 86.4 Å². The molecule has 186 valence electrons. The van der Waals surface area contributed by atoms with Crippen LogP contribution in [0.25, 0.3) is 0 Å². The predicted octanol–water partition coefficient (Wildman–Crippen LogP) is 5.09. The van der Waals surface area contributed by atoms with Crippen LogP contribution in [0.5, 0.6) is 0 Å². The number of amides is 2. The van der Waals surface area contributed by atoms with Crippen molar-refractivity contribution in [1.29, 1.82) is 0 Å². The van der Waals surface area contributed by atoms with E-state index in [1.165, 1.54) is 36.0 Å². The fourth-order valence-corrected chi connectivity index (χ4v) is 6.19. The van der Waals surface area contributed by atoms with Gasteiger partial charge in [0.25, 0.3) is 0 Å². The number of benzene rings is 2. The molecule has 0 atom stereocenters. The van der Waals surface area contributed by atoms with Crippen molar-refractivity contribution in [2.45, 2.75) is 76.8 Å². The van der Waals surface area contributed by atoms with Gasteiger partial charge in [0.15, 0.2) is 0 Å². The van der Waals surface area contributed by atoms with Crippen LogP contribution in [0.15, 0.2) is 48.5 Å². The zero-order chi connectivity index (χ0) is 24.0. The molecule has 5 heteroatoms. The first-order valence-corrected chi connectivity index (χ1v) is 13.6. The molecule has 2 aromatic carbocycles. The van der Waals surface area contributed by atoms with Gasteiger partial charge in [-0.1, -0.05) is 55.7 Å². The van der Waals surface area contributed by atoms with E-state index in [-0.39, 0.29) is 17.7 Å². The second kappa shape index (κ2) is 11.4. The molecule has 2 aromatic rings. The molecule has 5 rings (SSSR count). The van der Waals surface area contributed by atoms with Gasteiger partial charge in [-0.2, -0.15) is 0 Å². The first-order chi connectivity index (χ1) is 17.1. The summed E-state index contributed by atoms with van der Waals surface area (Å²) >= 11 is 0. The average Bonchev–Trinajstić information content (AvgIpc) is 3.27. The normalized spacial score (nSPS) is 19.9. The van der Waals surface area contributed by atoms with Crippen molar-refractivity contribution in [2.24, 2.45) is 11.8 Å². The molecule has 0 radical (unpaired) electrons. The number of nitrogens with one attached hydrogen (secondary N) is 2. The Kier molecular flexibility index (Phi) is 7.82. The molecule has 2 N–H and O–H groups in total.